The van der Waals surface area contributed by atoms with Crippen LogP contribution < -0.4 is 11.3 Å². The number of methoxy groups -OCH3 is 1. The van der Waals surface area contributed by atoms with Gasteiger partial charge in [0, 0.05) is 13.3 Å². The van der Waals surface area contributed by atoms with Gasteiger partial charge in [0.25, 0.3) is 5.56 Å². The molecule has 5 N–H and O–H groups in total. The molecule has 4 atom stereocenters. The van der Waals surface area contributed by atoms with Crippen molar-refractivity contribution >= 4 is 17.0 Å². The van der Waals surface area contributed by atoms with Crippen molar-refractivity contribution in [2.24, 2.45) is 0 Å². The molecule has 2 aromatic rings. The molecule has 2 unspecified atom stereocenters. The molecule has 0 aromatic carbocycles. The van der Waals surface area contributed by atoms with Gasteiger partial charge in [-0.25, -0.2) is 0 Å². The molecule has 0 amide bonds. The molecule has 1 saturated heterocycles. The fourth-order valence-electron chi connectivity index (χ4n) is 2.90. The molecule has 1 aliphatic heterocycles. The van der Waals surface area contributed by atoms with Crippen LogP contribution in [0.15, 0.2) is 11.0 Å². The first-order valence-electron chi connectivity index (χ1n) is 6.82. The van der Waals surface area contributed by atoms with Crippen molar-refractivity contribution < 1.29 is 19.7 Å². The van der Waals surface area contributed by atoms with Crippen LogP contribution in [0.3, 0.4) is 0 Å². The van der Waals surface area contributed by atoms with Gasteiger partial charge < -0.3 is 30.0 Å². The molecule has 0 aliphatic carbocycles. The molecule has 2 aromatic heterocycles. The van der Waals surface area contributed by atoms with Crippen molar-refractivity contribution in [2.45, 2.75) is 31.5 Å². The van der Waals surface area contributed by atoms with Gasteiger partial charge in [-0.1, -0.05) is 0 Å². The van der Waals surface area contributed by atoms with Crippen molar-refractivity contribution in [3.8, 4) is 0 Å². The van der Waals surface area contributed by atoms with E-state index < -0.39 is 24.5 Å². The lowest BCUT2D eigenvalue weighted by Crippen LogP contribution is -2.34. The van der Waals surface area contributed by atoms with E-state index in [9.17, 15) is 15.0 Å². The zero-order valence-corrected chi connectivity index (χ0v) is 12.2. The number of ether oxygens (including phenoxy) is 2. The average Bonchev–Trinajstić information content (AvgIpc) is 2.96. The highest BCUT2D eigenvalue weighted by Crippen LogP contribution is 2.34. The lowest BCUT2D eigenvalue weighted by atomic mass is 10.1. The van der Waals surface area contributed by atoms with Crippen LogP contribution in [0.25, 0.3) is 11.0 Å². The largest absolute Gasteiger partial charge is 0.394 e. The van der Waals surface area contributed by atoms with Gasteiger partial charge in [0.2, 0.25) is 5.95 Å². The molecule has 0 radical (unpaired) electrons. The second-order valence-electron chi connectivity index (χ2n) is 5.31. The zero-order chi connectivity index (χ0) is 16.0. The Morgan fingerprint density at radius 2 is 2.32 bits per heavy atom. The Kier molecular flexibility index (Phi) is 3.65. The highest BCUT2D eigenvalue weighted by atomic mass is 16.6. The molecular weight excluding hydrogens is 292 g/mol. The van der Waals surface area contributed by atoms with E-state index in [-0.39, 0.29) is 18.1 Å². The normalized spacial score (nSPS) is 28.5. The van der Waals surface area contributed by atoms with Crippen LogP contribution in [-0.2, 0) is 9.47 Å². The quantitative estimate of drug-likeness (QED) is 0.564. The first kappa shape index (κ1) is 15.0. The lowest BCUT2D eigenvalue weighted by molar-refractivity contribution is -0.0580. The Balaban J connectivity index is 2.16. The third-order valence-corrected chi connectivity index (χ3v) is 3.93. The molecule has 9 heteroatoms. The third-order valence-electron chi connectivity index (χ3n) is 3.93. The molecule has 120 valence electrons. The van der Waals surface area contributed by atoms with Crippen molar-refractivity contribution in [1.29, 1.82) is 0 Å². The van der Waals surface area contributed by atoms with Crippen LogP contribution in [0.1, 0.15) is 11.8 Å². The first-order chi connectivity index (χ1) is 10.5. The highest BCUT2D eigenvalue weighted by molar-refractivity contribution is 5.80. The summed E-state index contributed by atoms with van der Waals surface area (Å²) in [6.45, 7) is 1.43. The van der Waals surface area contributed by atoms with Gasteiger partial charge in [-0.2, -0.15) is 4.98 Å². The van der Waals surface area contributed by atoms with Crippen LogP contribution >= 0.6 is 0 Å². The Labute approximate surface area is 125 Å². The number of rotatable bonds is 3. The molecule has 22 heavy (non-hydrogen) atoms. The number of aromatic amines is 1. The van der Waals surface area contributed by atoms with Gasteiger partial charge in [0.1, 0.15) is 18.3 Å². The molecule has 0 bridgehead atoms. The van der Waals surface area contributed by atoms with Crippen molar-refractivity contribution in [1.82, 2.24) is 14.5 Å². The number of H-pyrrole nitrogens is 1. The van der Waals surface area contributed by atoms with E-state index in [0.29, 0.717) is 16.6 Å². The van der Waals surface area contributed by atoms with Crippen LogP contribution in [0.5, 0.6) is 0 Å². The van der Waals surface area contributed by atoms with Crippen LogP contribution in [0.4, 0.5) is 5.95 Å². The number of aliphatic hydroxyl groups excluding tert-OH is 2. The minimum Gasteiger partial charge on any atom is -0.394 e. The summed E-state index contributed by atoms with van der Waals surface area (Å²) in [6, 6.07) is 0. The van der Waals surface area contributed by atoms with Gasteiger partial charge in [-0.05, 0) is 12.5 Å². The summed E-state index contributed by atoms with van der Waals surface area (Å²) in [7, 11) is 1.44. The highest BCUT2D eigenvalue weighted by Gasteiger charge is 2.45. The number of fused-ring (bicyclic) bond motifs is 1. The number of hydrogen-bond acceptors (Lipinski definition) is 7. The van der Waals surface area contributed by atoms with Gasteiger partial charge >= 0.3 is 0 Å². The minimum absolute atomic E-state index is 0.0110. The van der Waals surface area contributed by atoms with Gasteiger partial charge in [-0.15, -0.1) is 0 Å². The van der Waals surface area contributed by atoms with E-state index in [1.807, 2.05) is 0 Å². The van der Waals surface area contributed by atoms with Crippen molar-refractivity contribution in [3.63, 3.8) is 0 Å². The van der Waals surface area contributed by atoms with E-state index in [0.717, 1.165) is 0 Å². The minimum atomic E-state index is -0.989. The Hall–Kier alpha value is -1.94. The van der Waals surface area contributed by atoms with Gasteiger partial charge in [0.05, 0.1) is 12.0 Å². The summed E-state index contributed by atoms with van der Waals surface area (Å²) < 4.78 is 12.5. The van der Waals surface area contributed by atoms with Crippen LogP contribution in [0, 0.1) is 6.92 Å². The van der Waals surface area contributed by atoms with E-state index in [1.165, 1.54) is 7.11 Å². The maximum Gasteiger partial charge on any atom is 0.262 e. The molecule has 9 nitrogen and oxygen atoms in total. The maximum atomic E-state index is 12.0. The molecule has 1 aliphatic rings. The summed E-state index contributed by atoms with van der Waals surface area (Å²) in [6.07, 6.45) is -1.49. The third kappa shape index (κ3) is 2.10. The molecular formula is C13H18N4O5. The molecule has 0 saturated carbocycles. The van der Waals surface area contributed by atoms with Crippen molar-refractivity contribution in [2.75, 3.05) is 19.5 Å². The molecule has 0 spiro atoms. The monoisotopic (exact) mass is 310 g/mol. The number of nitrogens with one attached hydrogen (secondary N) is 1. The summed E-state index contributed by atoms with van der Waals surface area (Å²) in [5.41, 5.74) is 6.31. The molecule has 3 rings (SSSR count). The number of anilines is 1. The van der Waals surface area contributed by atoms with E-state index in [1.54, 1.807) is 17.7 Å². The number of nitrogens with two attached hydrogens (primary N) is 1. The van der Waals surface area contributed by atoms with Crippen LogP contribution in [-0.4, -0.2) is 56.8 Å². The van der Waals surface area contributed by atoms with E-state index in [2.05, 4.69) is 9.97 Å². The van der Waals surface area contributed by atoms with Gasteiger partial charge in [-0.3, -0.25) is 9.78 Å². The van der Waals surface area contributed by atoms with Gasteiger partial charge in [0.15, 0.2) is 11.9 Å². The molecule has 3 heterocycles. The van der Waals surface area contributed by atoms with E-state index >= 15 is 0 Å². The van der Waals surface area contributed by atoms with E-state index in [4.69, 9.17) is 15.2 Å². The number of aromatic nitrogens is 3. The smallest absolute Gasteiger partial charge is 0.262 e. The fourth-order valence-corrected chi connectivity index (χ4v) is 2.90. The standard InChI is InChI=1S/C13H18N4O5/c1-5-3-17(10-7(5)11(20)16-13(14)15-10)12-9(21-2)8(19)6(4-18)22-12/h3,6,8-9,12,18-19H,4H2,1-2H3,(H3,14,15,16,20)/t6-,8?,9?,12-/m1/s1. The second kappa shape index (κ2) is 5.36. The first-order valence-corrected chi connectivity index (χ1v) is 6.82. The number of nitrogen functional groups attached to an aromatic ring is 1. The summed E-state index contributed by atoms with van der Waals surface area (Å²) >= 11 is 0. The number of aliphatic hydroxyl groups is 2. The molecule has 1 fully saturated rings. The fraction of sp³-hybridized carbons (Fsp3) is 0.538. The maximum absolute atomic E-state index is 12.0. The SMILES string of the molecule is COC1C(O)[C@@H](CO)O[C@H]1n1cc(C)c2c(=O)[nH]c(N)nc21. The number of aryl methyl sites for hydroxylation is 1. The second-order valence-corrected chi connectivity index (χ2v) is 5.31. The van der Waals surface area contributed by atoms with Crippen LogP contribution in [0.2, 0.25) is 0 Å². The Bertz CT molecular complexity index is 755. The predicted molar refractivity (Wildman–Crippen MR) is 77.3 cm³/mol. The Morgan fingerprint density at radius 1 is 1.59 bits per heavy atom. The van der Waals surface area contributed by atoms with Crippen molar-refractivity contribution in [3.05, 3.63) is 22.1 Å². The number of hydrogen-bond donors (Lipinski definition) is 4. The Morgan fingerprint density at radius 3 is 2.95 bits per heavy atom. The predicted octanol–water partition coefficient (Wildman–Crippen LogP) is -1.12. The summed E-state index contributed by atoms with van der Waals surface area (Å²) in [5, 5.41) is 19.8. The summed E-state index contributed by atoms with van der Waals surface area (Å²) in [5.74, 6) is -0.0110. The summed E-state index contributed by atoms with van der Waals surface area (Å²) in [4.78, 5) is 18.6. The topological polar surface area (TPSA) is 136 Å². The average molecular weight is 310 g/mol. The lowest BCUT2D eigenvalue weighted by Gasteiger charge is -2.20. The number of nitrogens with zero attached hydrogens (tertiary/aromatic N) is 2. The zero-order valence-electron chi connectivity index (χ0n) is 12.2.